The molecule has 176 valence electrons. The molecule has 4 aromatic rings. The average Bonchev–Trinajstić information content (AvgIpc) is 3.23. The molecule has 0 spiro atoms. The Morgan fingerprint density at radius 1 is 0.833 bits per heavy atom. The maximum atomic E-state index is 12.4. The molecule has 0 radical (unpaired) electrons. The third kappa shape index (κ3) is 4.50. The lowest BCUT2D eigenvalue weighted by atomic mass is 10.1. The molecular weight excluding hydrogens is 466 g/mol. The Morgan fingerprint density at radius 3 is 2.42 bits per heavy atom. The zero-order valence-corrected chi connectivity index (χ0v) is 18.4. The van der Waals surface area contributed by atoms with Crippen LogP contribution in [0.5, 0.6) is 11.5 Å². The van der Waals surface area contributed by atoms with E-state index in [1.165, 1.54) is 6.08 Å². The van der Waals surface area contributed by atoms with Crippen LogP contribution in [-0.4, -0.2) is 21.7 Å². The van der Waals surface area contributed by atoms with Gasteiger partial charge >= 0.3 is 11.7 Å². The molecule has 0 aromatic heterocycles. The first-order valence-corrected chi connectivity index (χ1v) is 10.6. The van der Waals surface area contributed by atoms with Crippen molar-refractivity contribution in [3.63, 3.8) is 0 Å². The normalized spacial score (nSPS) is 13.9. The van der Waals surface area contributed by atoms with Crippen LogP contribution in [0.2, 0.25) is 0 Å². The second-order valence-corrected chi connectivity index (χ2v) is 7.74. The number of hydrogen-bond acceptors (Lipinski definition) is 8. The zero-order valence-electron chi connectivity index (χ0n) is 18.4. The number of carbonyl (C=O) groups excluding carboxylic acids is 1. The molecule has 0 bridgehead atoms. The summed E-state index contributed by atoms with van der Waals surface area (Å²) in [6, 6.07) is 23.0. The second kappa shape index (κ2) is 9.11. The number of nitro benzene ring substituents is 2. The standard InChI is InChI=1S/C26H15N3O7/c30-26-22(27-25(36-26)19-9-8-17-5-1-2-6-18(17)14-19)13-16-4-3-7-21(12-16)35-24-11-10-20(28(31)32)15-23(24)29(33)34/h1-15H. The SMILES string of the molecule is O=C1OC(c2ccc3ccccc3c2)=NC1=Cc1cccc(Oc2ccc([N+](=O)[O-])cc2[N+](=O)[O-])c1. The Bertz CT molecular complexity index is 1630. The van der Waals surface area contributed by atoms with Crippen LogP contribution in [0.3, 0.4) is 0 Å². The molecule has 5 rings (SSSR count). The number of ether oxygens (including phenoxy) is 2. The Morgan fingerprint density at radius 2 is 1.64 bits per heavy atom. The summed E-state index contributed by atoms with van der Waals surface area (Å²) in [6.07, 6.45) is 1.51. The molecule has 10 nitrogen and oxygen atoms in total. The van der Waals surface area contributed by atoms with Crippen LogP contribution in [0.4, 0.5) is 11.4 Å². The van der Waals surface area contributed by atoms with Gasteiger partial charge in [-0.2, -0.15) is 0 Å². The summed E-state index contributed by atoms with van der Waals surface area (Å²) in [7, 11) is 0. The van der Waals surface area contributed by atoms with E-state index in [1.54, 1.807) is 24.3 Å². The van der Waals surface area contributed by atoms with Gasteiger partial charge in [-0.3, -0.25) is 20.2 Å². The zero-order chi connectivity index (χ0) is 25.2. The van der Waals surface area contributed by atoms with Gasteiger partial charge in [0.15, 0.2) is 5.70 Å². The van der Waals surface area contributed by atoms with Crippen molar-refractivity contribution in [1.82, 2.24) is 0 Å². The Hall–Kier alpha value is -5.38. The van der Waals surface area contributed by atoms with Crippen molar-refractivity contribution < 1.29 is 24.1 Å². The number of hydrogen-bond donors (Lipinski definition) is 0. The second-order valence-electron chi connectivity index (χ2n) is 7.74. The van der Waals surface area contributed by atoms with Gasteiger partial charge in [-0.1, -0.05) is 42.5 Å². The van der Waals surface area contributed by atoms with Gasteiger partial charge in [-0.05, 0) is 52.7 Å². The monoisotopic (exact) mass is 481 g/mol. The van der Waals surface area contributed by atoms with Crippen molar-refractivity contribution in [2.75, 3.05) is 0 Å². The Kier molecular flexibility index (Phi) is 5.67. The van der Waals surface area contributed by atoms with Crippen molar-refractivity contribution in [1.29, 1.82) is 0 Å². The molecular formula is C26H15N3O7. The van der Waals surface area contributed by atoms with Gasteiger partial charge in [0, 0.05) is 11.6 Å². The summed E-state index contributed by atoms with van der Waals surface area (Å²) in [6.45, 7) is 0. The van der Waals surface area contributed by atoms with E-state index in [4.69, 9.17) is 9.47 Å². The highest BCUT2D eigenvalue weighted by Gasteiger charge is 2.25. The highest BCUT2D eigenvalue weighted by atomic mass is 16.6. The lowest BCUT2D eigenvalue weighted by molar-refractivity contribution is -0.394. The maximum Gasteiger partial charge on any atom is 0.363 e. The van der Waals surface area contributed by atoms with Crippen LogP contribution >= 0.6 is 0 Å². The number of nitro groups is 2. The van der Waals surface area contributed by atoms with Gasteiger partial charge in [0.2, 0.25) is 11.6 Å². The van der Waals surface area contributed by atoms with Gasteiger partial charge in [0.25, 0.3) is 5.69 Å². The molecule has 0 unspecified atom stereocenters. The predicted octanol–water partition coefficient (Wildman–Crippen LogP) is 5.79. The first-order chi connectivity index (χ1) is 17.4. The van der Waals surface area contributed by atoms with Gasteiger partial charge in [0.1, 0.15) is 5.75 Å². The van der Waals surface area contributed by atoms with E-state index in [0.29, 0.717) is 11.1 Å². The van der Waals surface area contributed by atoms with Crippen LogP contribution in [0, 0.1) is 20.2 Å². The highest BCUT2D eigenvalue weighted by Crippen LogP contribution is 2.35. The van der Waals surface area contributed by atoms with E-state index in [9.17, 15) is 25.0 Å². The molecule has 1 heterocycles. The lowest BCUT2D eigenvalue weighted by Crippen LogP contribution is -2.05. The van der Waals surface area contributed by atoms with Gasteiger partial charge in [-0.15, -0.1) is 0 Å². The first-order valence-electron chi connectivity index (χ1n) is 10.6. The van der Waals surface area contributed by atoms with E-state index in [2.05, 4.69) is 4.99 Å². The maximum absolute atomic E-state index is 12.4. The van der Waals surface area contributed by atoms with E-state index in [-0.39, 0.29) is 23.1 Å². The number of esters is 1. The summed E-state index contributed by atoms with van der Waals surface area (Å²) in [5.74, 6) is -0.361. The van der Waals surface area contributed by atoms with Crippen molar-refractivity contribution in [2.45, 2.75) is 0 Å². The number of carbonyl (C=O) groups is 1. The van der Waals surface area contributed by atoms with Gasteiger partial charge < -0.3 is 9.47 Å². The molecule has 0 atom stereocenters. The summed E-state index contributed by atoms with van der Waals surface area (Å²) < 4.78 is 11.0. The molecule has 0 amide bonds. The lowest BCUT2D eigenvalue weighted by Gasteiger charge is -2.07. The van der Waals surface area contributed by atoms with Crippen molar-refractivity contribution in [3.8, 4) is 11.5 Å². The fourth-order valence-electron chi connectivity index (χ4n) is 3.66. The topological polar surface area (TPSA) is 134 Å². The number of benzene rings is 4. The van der Waals surface area contributed by atoms with Crippen molar-refractivity contribution in [3.05, 3.63) is 122 Å². The summed E-state index contributed by atoms with van der Waals surface area (Å²) in [4.78, 5) is 37.6. The van der Waals surface area contributed by atoms with E-state index in [1.807, 2.05) is 42.5 Å². The first kappa shape index (κ1) is 22.4. The minimum absolute atomic E-state index is 0.0802. The molecule has 1 aliphatic rings. The highest BCUT2D eigenvalue weighted by molar-refractivity contribution is 6.13. The minimum atomic E-state index is -0.758. The summed E-state index contributed by atoms with van der Waals surface area (Å²) in [5, 5.41) is 24.3. The van der Waals surface area contributed by atoms with Crippen LogP contribution < -0.4 is 4.74 Å². The molecule has 0 aliphatic carbocycles. The number of rotatable bonds is 6. The van der Waals surface area contributed by atoms with Gasteiger partial charge in [-0.25, -0.2) is 9.79 Å². The Balaban J connectivity index is 1.42. The fraction of sp³-hybridized carbons (Fsp3) is 0. The van der Waals surface area contributed by atoms with Gasteiger partial charge in [0.05, 0.1) is 15.9 Å². The number of cyclic esters (lactones) is 1. The number of fused-ring (bicyclic) bond motifs is 1. The number of nitrogens with zero attached hydrogens (tertiary/aromatic N) is 3. The number of non-ortho nitro benzene ring substituents is 1. The quantitative estimate of drug-likeness (QED) is 0.147. The van der Waals surface area contributed by atoms with Crippen LogP contribution in [0.1, 0.15) is 11.1 Å². The molecule has 4 aromatic carbocycles. The largest absolute Gasteiger partial charge is 0.450 e. The van der Waals surface area contributed by atoms with Crippen LogP contribution in [-0.2, 0) is 9.53 Å². The van der Waals surface area contributed by atoms with Crippen molar-refractivity contribution in [2.24, 2.45) is 4.99 Å². The van der Waals surface area contributed by atoms with Crippen LogP contribution in [0.15, 0.2) is 95.6 Å². The smallest absolute Gasteiger partial charge is 0.363 e. The van der Waals surface area contributed by atoms with Crippen molar-refractivity contribution >= 4 is 40.1 Å². The van der Waals surface area contributed by atoms with Crippen LogP contribution in [0.25, 0.3) is 16.8 Å². The number of aliphatic imine (C=N–C) groups is 1. The average molecular weight is 481 g/mol. The van der Waals surface area contributed by atoms with E-state index in [0.717, 1.165) is 29.0 Å². The molecule has 10 heteroatoms. The fourth-order valence-corrected chi connectivity index (χ4v) is 3.66. The third-order valence-corrected chi connectivity index (χ3v) is 5.36. The molecule has 1 aliphatic heterocycles. The predicted molar refractivity (Wildman–Crippen MR) is 131 cm³/mol. The molecule has 36 heavy (non-hydrogen) atoms. The molecule has 0 N–H and O–H groups in total. The summed E-state index contributed by atoms with van der Waals surface area (Å²) in [5.41, 5.74) is 0.307. The third-order valence-electron chi connectivity index (χ3n) is 5.36. The minimum Gasteiger partial charge on any atom is -0.450 e. The van der Waals surface area contributed by atoms with E-state index >= 15 is 0 Å². The Labute approximate surface area is 203 Å². The molecule has 0 fully saturated rings. The molecule has 0 saturated carbocycles. The van der Waals surface area contributed by atoms with E-state index < -0.39 is 27.2 Å². The molecule has 0 saturated heterocycles. The summed E-state index contributed by atoms with van der Waals surface area (Å²) >= 11 is 0.